The summed E-state index contributed by atoms with van der Waals surface area (Å²) >= 11 is 0. The van der Waals surface area contributed by atoms with E-state index in [4.69, 9.17) is 0 Å². The van der Waals surface area contributed by atoms with Gasteiger partial charge < -0.3 is 0 Å². The molecule has 0 unspecified atom stereocenters. The minimum atomic E-state index is -0.590. The highest BCUT2D eigenvalue weighted by Gasteiger charge is 2.07. The van der Waals surface area contributed by atoms with Gasteiger partial charge in [0.1, 0.15) is 11.6 Å². The molecule has 0 saturated carbocycles. The maximum atomic E-state index is 13.4. The van der Waals surface area contributed by atoms with Crippen molar-refractivity contribution in [1.29, 1.82) is 0 Å². The fraction of sp³-hybridized carbons (Fsp3) is 0.0833. The molecule has 0 aliphatic heterocycles. The molecule has 76 valence electrons. The largest absolute Gasteiger partial charge is 0.256 e. The molecule has 1 nitrogen and oxygen atoms in total. The Balaban J connectivity index is 2.54. The van der Waals surface area contributed by atoms with Crippen molar-refractivity contribution >= 4 is 0 Å². The molecule has 0 aliphatic rings. The topological polar surface area (TPSA) is 12.9 Å². The van der Waals surface area contributed by atoms with Gasteiger partial charge in [0.05, 0.1) is 5.69 Å². The van der Waals surface area contributed by atoms with Crippen molar-refractivity contribution in [2.24, 2.45) is 0 Å². The van der Waals surface area contributed by atoms with E-state index in [1.807, 2.05) is 13.0 Å². The predicted molar refractivity (Wildman–Crippen MR) is 54.3 cm³/mol. The molecule has 15 heavy (non-hydrogen) atoms. The van der Waals surface area contributed by atoms with E-state index in [0.717, 1.165) is 11.6 Å². The number of nitrogens with zero attached hydrogens (tertiary/aromatic N) is 1. The standard InChI is InChI=1S/C12H9F2N/c1-8-4-5-15-12(6-8)10-3-2-9(13)7-11(10)14/h2-7H,1H3. The smallest absolute Gasteiger partial charge is 0.135 e. The first-order valence-electron chi connectivity index (χ1n) is 4.55. The number of benzene rings is 1. The van der Waals surface area contributed by atoms with Gasteiger partial charge >= 0.3 is 0 Å². The monoisotopic (exact) mass is 205 g/mol. The molecule has 1 aromatic heterocycles. The zero-order valence-electron chi connectivity index (χ0n) is 8.17. The number of halogens is 2. The van der Waals surface area contributed by atoms with Crippen LogP contribution in [0.1, 0.15) is 5.56 Å². The fourth-order valence-electron chi connectivity index (χ4n) is 1.38. The van der Waals surface area contributed by atoms with E-state index in [9.17, 15) is 8.78 Å². The zero-order valence-corrected chi connectivity index (χ0v) is 8.17. The number of hydrogen-bond donors (Lipinski definition) is 0. The summed E-state index contributed by atoms with van der Waals surface area (Å²) in [5, 5.41) is 0. The molecular weight excluding hydrogens is 196 g/mol. The van der Waals surface area contributed by atoms with Gasteiger partial charge in [-0.05, 0) is 36.8 Å². The third kappa shape index (κ3) is 2.01. The molecule has 2 rings (SSSR count). The Kier molecular flexibility index (Phi) is 2.46. The van der Waals surface area contributed by atoms with Crippen molar-refractivity contribution in [2.75, 3.05) is 0 Å². The Morgan fingerprint density at radius 1 is 1.07 bits per heavy atom. The zero-order chi connectivity index (χ0) is 10.8. The number of aromatic nitrogens is 1. The molecule has 3 heteroatoms. The second-order valence-corrected chi connectivity index (χ2v) is 3.34. The molecule has 0 saturated heterocycles. The van der Waals surface area contributed by atoms with Crippen LogP contribution in [-0.4, -0.2) is 4.98 Å². The van der Waals surface area contributed by atoms with Gasteiger partial charge in [-0.2, -0.15) is 0 Å². The normalized spacial score (nSPS) is 10.3. The van der Waals surface area contributed by atoms with Crippen LogP contribution in [0.2, 0.25) is 0 Å². The van der Waals surface area contributed by atoms with Crippen LogP contribution in [-0.2, 0) is 0 Å². The van der Waals surface area contributed by atoms with Crippen LogP contribution in [0.15, 0.2) is 36.5 Å². The Morgan fingerprint density at radius 2 is 1.87 bits per heavy atom. The molecule has 0 atom stereocenters. The molecule has 0 radical (unpaired) electrons. The maximum absolute atomic E-state index is 13.4. The number of rotatable bonds is 1. The molecule has 0 amide bonds. The van der Waals surface area contributed by atoms with Crippen molar-refractivity contribution in [3.8, 4) is 11.3 Å². The molecule has 2 aromatic rings. The van der Waals surface area contributed by atoms with Gasteiger partial charge in [0, 0.05) is 17.8 Å². The number of aryl methyl sites for hydroxylation is 1. The summed E-state index contributed by atoms with van der Waals surface area (Å²) < 4.78 is 26.1. The Labute approximate surface area is 86.4 Å². The predicted octanol–water partition coefficient (Wildman–Crippen LogP) is 3.34. The van der Waals surface area contributed by atoms with Gasteiger partial charge in [-0.15, -0.1) is 0 Å². The molecule has 0 N–H and O–H groups in total. The van der Waals surface area contributed by atoms with Gasteiger partial charge in [-0.1, -0.05) is 0 Å². The van der Waals surface area contributed by atoms with Crippen molar-refractivity contribution in [2.45, 2.75) is 6.92 Å². The van der Waals surface area contributed by atoms with Crippen LogP contribution >= 0.6 is 0 Å². The van der Waals surface area contributed by atoms with E-state index in [1.165, 1.54) is 12.1 Å². The second kappa shape index (κ2) is 3.77. The first-order valence-corrected chi connectivity index (χ1v) is 4.55. The Morgan fingerprint density at radius 3 is 2.53 bits per heavy atom. The molecule has 0 spiro atoms. The van der Waals surface area contributed by atoms with Gasteiger partial charge in [0.2, 0.25) is 0 Å². The third-order valence-corrected chi connectivity index (χ3v) is 2.12. The highest BCUT2D eigenvalue weighted by Crippen LogP contribution is 2.21. The number of pyridine rings is 1. The van der Waals surface area contributed by atoms with Crippen molar-refractivity contribution < 1.29 is 8.78 Å². The number of hydrogen-bond acceptors (Lipinski definition) is 1. The summed E-state index contributed by atoms with van der Waals surface area (Å²) in [5.74, 6) is -1.17. The van der Waals surface area contributed by atoms with Crippen LogP contribution in [0.5, 0.6) is 0 Å². The third-order valence-electron chi connectivity index (χ3n) is 2.12. The molecular formula is C12H9F2N. The SMILES string of the molecule is Cc1ccnc(-c2ccc(F)cc2F)c1. The van der Waals surface area contributed by atoms with Crippen LogP contribution in [0.4, 0.5) is 8.78 Å². The van der Waals surface area contributed by atoms with E-state index < -0.39 is 11.6 Å². The van der Waals surface area contributed by atoms with Crippen LogP contribution in [0.25, 0.3) is 11.3 Å². The van der Waals surface area contributed by atoms with Crippen molar-refractivity contribution in [3.63, 3.8) is 0 Å². The van der Waals surface area contributed by atoms with Crippen molar-refractivity contribution in [3.05, 3.63) is 53.7 Å². The summed E-state index contributed by atoms with van der Waals surface area (Å²) in [6, 6.07) is 7.06. The van der Waals surface area contributed by atoms with E-state index >= 15 is 0 Å². The highest BCUT2D eigenvalue weighted by atomic mass is 19.1. The van der Waals surface area contributed by atoms with E-state index in [0.29, 0.717) is 11.3 Å². The van der Waals surface area contributed by atoms with Crippen molar-refractivity contribution in [1.82, 2.24) is 4.98 Å². The maximum Gasteiger partial charge on any atom is 0.135 e. The molecule has 0 bridgehead atoms. The fourth-order valence-corrected chi connectivity index (χ4v) is 1.38. The average Bonchev–Trinajstić information content (AvgIpc) is 2.17. The summed E-state index contributed by atoms with van der Waals surface area (Å²) in [6.45, 7) is 1.90. The lowest BCUT2D eigenvalue weighted by molar-refractivity contribution is 0.585. The summed E-state index contributed by atoms with van der Waals surface area (Å²) in [6.07, 6.45) is 1.60. The van der Waals surface area contributed by atoms with Gasteiger partial charge in [-0.3, -0.25) is 4.98 Å². The van der Waals surface area contributed by atoms with Gasteiger partial charge in [-0.25, -0.2) is 8.78 Å². The minimum absolute atomic E-state index is 0.320. The van der Waals surface area contributed by atoms with Gasteiger partial charge in [0.25, 0.3) is 0 Å². The Hall–Kier alpha value is -1.77. The second-order valence-electron chi connectivity index (χ2n) is 3.34. The summed E-state index contributed by atoms with van der Waals surface area (Å²) in [4.78, 5) is 4.04. The minimum Gasteiger partial charge on any atom is -0.256 e. The average molecular weight is 205 g/mol. The van der Waals surface area contributed by atoms with E-state index in [-0.39, 0.29) is 0 Å². The summed E-state index contributed by atoms with van der Waals surface area (Å²) in [5.41, 5.74) is 1.83. The molecule has 0 fully saturated rings. The van der Waals surface area contributed by atoms with Crippen LogP contribution in [0, 0.1) is 18.6 Å². The molecule has 0 aliphatic carbocycles. The van der Waals surface area contributed by atoms with Gasteiger partial charge in [0.15, 0.2) is 0 Å². The molecule has 1 aromatic carbocycles. The van der Waals surface area contributed by atoms with E-state index in [1.54, 1.807) is 12.3 Å². The lowest BCUT2D eigenvalue weighted by Gasteiger charge is -2.03. The molecule has 1 heterocycles. The quantitative estimate of drug-likeness (QED) is 0.695. The highest BCUT2D eigenvalue weighted by molar-refractivity contribution is 5.60. The lowest BCUT2D eigenvalue weighted by atomic mass is 10.1. The lowest BCUT2D eigenvalue weighted by Crippen LogP contribution is -1.89. The summed E-state index contributed by atoms with van der Waals surface area (Å²) in [7, 11) is 0. The van der Waals surface area contributed by atoms with Crippen LogP contribution in [0.3, 0.4) is 0 Å². The Bertz CT molecular complexity index is 495. The van der Waals surface area contributed by atoms with Crippen LogP contribution < -0.4 is 0 Å². The first kappa shape index (κ1) is 9.77. The van der Waals surface area contributed by atoms with E-state index in [2.05, 4.69) is 4.98 Å². The first-order chi connectivity index (χ1) is 7.16.